The number of thioether (sulfide) groups is 1. The van der Waals surface area contributed by atoms with Crippen molar-refractivity contribution in [2.45, 2.75) is 51.8 Å². The van der Waals surface area contributed by atoms with Gasteiger partial charge in [0.05, 0.1) is 12.8 Å². The minimum absolute atomic E-state index is 0.0583. The third kappa shape index (κ3) is 5.76. The fourth-order valence-corrected chi connectivity index (χ4v) is 4.15. The van der Waals surface area contributed by atoms with Gasteiger partial charge in [0.15, 0.2) is 0 Å². The number of carbonyl (C=O) groups is 2. The highest BCUT2D eigenvalue weighted by molar-refractivity contribution is 7.98. The number of methoxy groups -OCH3 is 1. The summed E-state index contributed by atoms with van der Waals surface area (Å²) in [5.74, 6) is 2.82. The summed E-state index contributed by atoms with van der Waals surface area (Å²) >= 11 is 1.76. The van der Waals surface area contributed by atoms with Crippen LogP contribution in [0.25, 0.3) is 0 Å². The largest absolute Gasteiger partial charge is 0.497 e. The fraction of sp³-hybridized carbons (Fsp3) is 0.476. The van der Waals surface area contributed by atoms with Gasteiger partial charge in [-0.2, -0.15) is 16.9 Å². The molecular weight excluding hydrogens is 388 g/mol. The number of benzene rings is 1. The standard InChI is InChI=1S/C21H28N4O3S/c1-21(2,3)9-18(26)23-20-16-12-29-13-17(16)24-25(20)11-19(27)22-10-14-5-7-15(28-4)8-6-14/h5-8H,9-13H2,1-4H3,(H,22,27)(H,23,26). The van der Waals surface area contributed by atoms with Crippen LogP contribution in [0.1, 0.15) is 44.0 Å². The van der Waals surface area contributed by atoms with E-state index in [0.717, 1.165) is 34.1 Å². The highest BCUT2D eigenvalue weighted by atomic mass is 32.2. The first-order chi connectivity index (χ1) is 13.7. The zero-order valence-electron chi connectivity index (χ0n) is 17.4. The van der Waals surface area contributed by atoms with E-state index in [9.17, 15) is 9.59 Å². The number of fused-ring (bicyclic) bond motifs is 1. The molecule has 0 bridgehead atoms. The van der Waals surface area contributed by atoms with Crippen LogP contribution in [-0.2, 0) is 34.2 Å². The normalized spacial score (nSPS) is 13.1. The molecule has 0 atom stereocenters. The van der Waals surface area contributed by atoms with Crippen LogP contribution in [0.2, 0.25) is 0 Å². The highest BCUT2D eigenvalue weighted by Gasteiger charge is 2.26. The van der Waals surface area contributed by atoms with Gasteiger partial charge in [0, 0.05) is 30.0 Å². The Hall–Kier alpha value is -2.48. The number of hydrogen-bond acceptors (Lipinski definition) is 5. The Labute approximate surface area is 175 Å². The van der Waals surface area contributed by atoms with E-state index in [4.69, 9.17) is 4.74 Å². The van der Waals surface area contributed by atoms with E-state index in [0.29, 0.717) is 18.8 Å². The van der Waals surface area contributed by atoms with Gasteiger partial charge in [-0.25, -0.2) is 4.68 Å². The molecule has 0 fully saturated rings. The molecule has 0 saturated heterocycles. The lowest BCUT2D eigenvalue weighted by atomic mass is 9.92. The molecule has 2 heterocycles. The summed E-state index contributed by atoms with van der Waals surface area (Å²) in [5.41, 5.74) is 2.85. The quantitative estimate of drug-likeness (QED) is 0.723. The number of ether oxygens (including phenoxy) is 1. The van der Waals surface area contributed by atoms with E-state index in [-0.39, 0.29) is 23.8 Å². The van der Waals surface area contributed by atoms with Crippen molar-refractivity contribution in [2.24, 2.45) is 5.41 Å². The molecule has 2 aromatic rings. The molecule has 0 saturated carbocycles. The van der Waals surface area contributed by atoms with Crippen LogP contribution in [0.5, 0.6) is 5.75 Å². The van der Waals surface area contributed by atoms with Crippen LogP contribution in [0.4, 0.5) is 5.82 Å². The first-order valence-corrected chi connectivity index (χ1v) is 10.8. The van der Waals surface area contributed by atoms with E-state index >= 15 is 0 Å². The van der Waals surface area contributed by atoms with Crippen LogP contribution in [0, 0.1) is 5.41 Å². The first kappa shape index (κ1) is 21.2. The predicted molar refractivity (Wildman–Crippen MR) is 115 cm³/mol. The maximum Gasteiger partial charge on any atom is 0.242 e. The summed E-state index contributed by atoms with van der Waals surface area (Å²) in [7, 11) is 1.62. The van der Waals surface area contributed by atoms with Crippen molar-refractivity contribution in [1.29, 1.82) is 0 Å². The lowest BCUT2D eigenvalue weighted by molar-refractivity contribution is -0.122. The SMILES string of the molecule is COc1ccc(CNC(=O)Cn2nc3c(c2NC(=O)CC(C)(C)C)CSC3)cc1. The highest BCUT2D eigenvalue weighted by Crippen LogP contribution is 2.35. The maximum atomic E-state index is 12.5. The molecule has 1 aromatic heterocycles. The van der Waals surface area contributed by atoms with E-state index in [1.54, 1.807) is 23.6 Å². The summed E-state index contributed by atoms with van der Waals surface area (Å²) in [6, 6.07) is 7.55. The van der Waals surface area contributed by atoms with Crippen molar-refractivity contribution >= 4 is 29.4 Å². The minimum Gasteiger partial charge on any atom is -0.497 e. The van der Waals surface area contributed by atoms with Crippen LogP contribution >= 0.6 is 11.8 Å². The number of anilines is 1. The molecular formula is C21H28N4O3S. The predicted octanol–water partition coefficient (Wildman–Crippen LogP) is 3.33. The molecule has 2 amide bonds. The molecule has 3 rings (SSSR count). The molecule has 0 spiro atoms. The number of amides is 2. The Kier molecular flexibility index (Phi) is 6.52. The monoisotopic (exact) mass is 416 g/mol. The molecule has 156 valence electrons. The Balaban J connectivity index is 1.65. The van der Waals surface area contributed by atoms with Crippen molar-refractivity contribution in [3.63, 3.8) is 0 Å². The van der Waals surface area contributed by atoms with E-state index in [1.807, 2.05) is 45.0 Å². The second-order valence-electron chi connectivity index (χ2n) is 8.33. The Morgan fingerprint density at radius 3 is 2.55 bits per heavy atom. The third-order valence-electron chi connectivity index (χ3n) is 4.51. The lowest BCUT2D eigenvalue weighted by Crippen LogP contribution is -2.29. The summed E-state index contributed by atoms with van der Waals surface area (Å²) in [4.78, 5) is 24.9. The number of nitrogens with zero attached hydrogens (tertiary/aromatic N) is 2. The molecule has 2 N–H and O–H groups in total. The Morgan fingerprint density at radius 1 is 1.17 bits per heavy atom. The molecule has 29 heavy (non-hydrogen) atoms. The van der Waals surface area contributed by atoms with Gasteiger partial charge in [0.2, 0.25) is 11.8 Å². The van der Waals surface area contributed by atoms with Crippen molar-refractivity contribution in [3.8, 4) is 5.75 Å². The number of nitrogens with one attached hydrogen (secondary N) is 2. The topological polar surface area (TPSA) is 85.2 Å². The minimum atomic E-state index is -0.152. The van der Waals surface area contributed by atoms with E-state index in [2.05, 4.69) is 15.7 Å². The summed E-state index contributed by atoms with van der Waals surface area (Å²) in [6.45, 7) is 6.56. The molecule has 0 aliphatic carbocycles. The van der Waals surface area contributed by atoms with Crippen LogP contribution < -0.4 is 15.4 Å². The molecule has 1 aromatic carbocycles. The fourth-order valence-electron chi connectivity index (χ4n) is 3.11. The van der Waals surface area contributed by atoms with Gasteiger partial charge in [0.25, 0.3) is 0 Å². The van der Waals surface area contributed by atoms with Crippen LogP contribution in [-0.4, -0.2) is 28.7 Å². The third-order valence-corrected chi connectivity index (χ3v) is 5.48. The van der Waals surface area contributed by atoms with Crippen LogP contribution in [0.3, 0.4) is 0 Å². The molecule has 8 heteroatoms. The zero-order valence-corrected chi connectivity index (χ0v) is 18.2. The number of carbonyl (C=O) groups excluding carboxylic acids is 2. The van der Waals surface area contributed by atoms with Gasteiger partial charge < -0.3 is 15.4 Å². The Bertz CT molecular complexity index is 885. The summed E-state index contributed by atoms with van der Waals surface area (Å²) in [5, 5.41) is 10.5. The smallest absolute Gasteiger partial charge is 0.242 e. The van der Waals surface area contributed by atoms with Gasteiger partial charge >= 0.3 is 0 Å². The van der Waals surface area contributed by atoms with Gasteiger partial charge in [-0.05, 0) is 23.1 Å². The molecule has 1 aliphatic rings. The van der Waals surface area contributed by atoms with Gasteiger partial charge in [-0.1, -0.05) is 32.9 Å². The van der Waals surface area contributed by atoms with Crippen LogP contribution in [0.15, 0.2) is 24.3 Å². The van der Waals surface area contributed by atoms with Gasteiger partial charge in [-0.15, -0.1) is 0 Å². The first-order valence-electron chi connectivity index (χ1n) is 9.61. The zero-order chi connectivity index (χ0) is 21.0. The summed E-state index contributed by atoms with van der Waals surface area (Å²) in [6.07, 6.45) is 0.407. The van der Waals surface area contributed by atoms with Gasteiger partial charge in [-0.3, -0.25) is 9.59 Å². The van der Waals surface area contributed by atoms with Crippen molar-refractivity contribution in [2.75, 3.05) is 12.4 Å². The molecule has 0 unspecified atom stereocenters. The molecule has 1 aliphatic heterocycles. The average Bonchev–Trinajstić information content (AvgIpc) is 3.22. The van der Waals surface area contributed by atoms with Crippen molar-refractivity contribution in [1.82, 2.24) is 15.1 Å². The lowest BCUT2D eigenvalue weighted by Gasteiger charge is -2.18. The second kappa shape index (κ2) is 8.90. The van der Waals surface area contributed by atoms with Crippen molar-refractivity contribution < 1.29 is 14.3 Å². The number of aromatic nitrogens is 2. The van der Waals surface area contributed by atoms with Crippen molar-refractivity contribution in [3.05, 3.63) is 41.1 Å². The van der Waals surface area contributed by atoms with Gasteiger partial charge in [0.1, 0.15) is 18.1 Å². The van der Waals surface area contributed by atoms with E-state index in [1.165, 1.54) is 0 Å². The Morgan fingerprint density at radius 2 is 1.90 bits per heavy atom. The second-order valence-corrected chi connectivity index (χ2v) is 9.32. The summed E-state index contributed by atoms with van der Waals surface area (Å²) < 4.78 is 6.76. The van der Waals surface area contributed by atoms with E-state index < -0.39 is 0 Å². The maximum absolute atomic E-state index is 12.5. The molecule has 0 radical (unpaired) electrons. The molecule has 7 nitrogen and oxygen atoms in total. The number of rotatable bonds is 7. The number of hydrogen-bond donors (Lipinski definition) is 2. The average molecular weight is 417 g/mol.